The van der Waals surface area contributed by atoms with Crippen LogP contribution in [0.25, 0.3) is 0 Å². The molecule has 0 N–H and O–H groups in total. The average Bonchev–Trinajstić information content (AvgIpc) is 2.39. The van der Waals surface area contributed by atoms with Crippen molar-refractivity contribution in [2.24, 2.45) is 0 Å². The molecule has 0 aliphatic heterocycles. The van der Waals surface area contributed by atoms with Gasteiger partial charge in [-0.05, 0) is 0 Å². The summed E-state index contributed by atoms with van der Waals surface area (Å²) in [7, 11) is 0. The quantitative estimate of drug-likeness (QED) is 0.531. The van der Waals surface area contributed by atoms with Crippen molar-refractivity contribution in [2.45, 2.75) is 0 Å². The molecule has 0 unspecified atom stereocenters. The second-order valence-electron chi connectivity index (χ2n) is 3.34. The molecule has 0 heterocycles. The second kappa shape index (κ2) is 7.06. The SMILES string of the molecule is Clc1cccc([O][W][O]c2cccc(Cl)c2Cl)c1Cl. The van der Waals surface area contributed by atoms with E-state index >= 15 is 0 Å². The molecule has 0 saturated carbocycles. The summed E-state index contributed by atoms with van der Waals surface area (Å²) >= 11 is 22.2. The Morgan fingerprint density at radius 1 is 0.684 bits per heavy atom. The minimum atomic E-state index is -1.60. The maximum absolute atomic E-state index is 6.00. The molecule has 19 heavy (non-hydrogen) atoms. The van der Waals surface area contributed by atoms with Crippen molar-refractivity contribution < 1.29 is 26.1 Å². The number of hydrogen-bond acceptors (Lipinski definition) is 2. The van der Waals surface area contributed by atoms with E-state index in [0.717, 1.165) is 0 Å². The summed E-state index contributed by atoms with van der Waals surface area (Å²) in [4.78, 5) is 0. The minimum absolute atomic E-state index is 0.380. The van der Waals surface area contributed by atoms with Crippen molar-refractivity contribution >= 4 is 46.4 Å². The van der Waals surface area contributed by atoms with Gasteiger partial charge in [-0.25, -0.2) is 0 Å². The number of benzene rings is 2. The first-order chi connectivity index (χ1) is 9.09. The zero-order valence-corrected chi connectivity index (χ0v) is 15.2. The average molecular weight is 508 g/mol. The van der Waals surface area contributed by atoms with Crippen LogP contribution in [-0.4, -0.2) is 0 Å². The van der Waals surface area contributed by atoms with Crippen molar-refractivity contribution in [1.82, 2.24) is 0 Å². The Bertz CT molecular complexity index is 540. The van der Waals surface area contributed by atoms with Gasteiger partial charge >= 0.3 is 140 Å². The fraction of sp³-hybridized carbons (Fsp3) is 0. The Labute approximate surface area is 140 Å². The summed E-state index contributed by atoms with van der Waals surface area (Å²) in [6.07, 6.45) is 0. The molecule has 0 atom stereocenters. The summed E-state index contributed by atoms with van der Waals surface area (Å²) in [5.74, 6) is 1.02. The first-order valence-electron chi connectivity index (χ1n) is 4.99. The number of hydrogen-bond donors (Lipinski definition) is 0. The van der Waals surface area contributed by atoms with Crippen molar-refractivity contribution in [2.75, 3.05) is 0 Å². The molecule has 0 aromatic heterocycles. The molecular weight excluding hydrogens is 502 g/mol. The Balaban J connectivity index is 2.00. The molecule has 2 aromatic rings. The van der Waals surface area contributed by atoms with Crippen molar-refractivity contribution in [3.63, 3.8) is 0 Å². The van der Waals surface area contributed by atoms with E-state index in [9.17, 15) is 0 Å². The van der Waals surface area contributed by atoms with Gasteiger partial charge in [0.15, 0.2) is 0 Å². The Kier molecular flexibility index (Phi) is 5.68. The summed E-state index contributed by atoms with van der Waals surface area (Å²) in [6.45, 7) is 0. The zero-order valence-electron chi connectivity index (χ0n) is 9.20. The van der Waals surface area contributed by atoms with Gasteiger partial charge in [-0.2, -0.15) is 0 Å². The third-order valence-electron chi connectivity index (χ3n) is 2.08. The Hall–Kier alpha value is -0.112. The summed E-state index contributed by atoms with van der Waals surface area (Å²) in [5.41, 5.74) is 0. The predicted molar refractivity (Wildman–Crippen MR) is 74.2 cm³/mol. The monoisotopic (exact) mass is 506 g/mol. The maximum atomic E-state index is 6.00. The van der Waals surface area contributed by atoms with Crippen LogP contribution in [0.15, 0.2) is 36.4 Å². The predicted octanol–water partition coefficient (Wildman–Crippen LogP) is 5.67. The third kappa shape index (κ3) is 3.93. The third-order valence-corrected chi connectivity index (χ3v) is 5.46. The van der Waals surface area contributed by atoms with Gasteiger partial charge in [-0.15, -0.1) is 0 Å². The topological polar surface area (TPSA) is 18.5 Å². The zero-order chi connectivity index (χ0) is 13.8. The molecule has 0 aliphatic carbocycles. The Morgan fingerprint density at radius 2 is 1.11 bits per heavy atom. The fourth-order valence-electron chi connectivity index (χ4n) is 1.19. The normalized spacial score (nSPS) is 10.3. The molecule has 0 saturated heterocycles. The van der Waals surface area contributed by atoms with Crippen LogP contribution < -0.4 is 6.78 Å². The van der Waals surface area contributed by atoms with Crippen molar-refractivity contribution in [3.8, 4) is 11.5 Å². The molecule has 2 aromatic carbocycles. The van der Waals surface area contributed by atoms with E-state index < -0.39 is 19.3 Å². The first kappa shape index (κ1) is 15.3. The van der Waals surface area contributed by atoms with Gasteiger partial charge in [-0.3, -0.25) is 0 Å². The van der Waals surface area contributed by atoms with Crippen LogP contribution in [0.3, 0.4) is 0 Å². The van der Waals surface area contributed by atoms with Gasteiger partial charge < -0.3 is 0 Å². The van der Waals surface area contributed by atoms with Gasteiger partial charge in [0.25, 0.3) is 0 Å². The molecule has 2 rings (SSSR count). The molecule has 7 heteroatoms. The molecule has 0 radical (unpaired) electrons. The number of halogens is 4. The van der Waals surface area contributed by atoms with E-state index in [0.29, 0.717) is 31.6 Å². The van der Waals surface area contributed by atoms with Crippen LogP contribution in [0, 0.1) is 0 Å². The first-order valence-corrected chi connectivity index (χ1v) is 8.89. The van der Waals surface area contributed by atoms with E-state index in [1.165, 1.54) is 0 Å². The van der Waals surface area contributed by atoms with E-state index in [-0.39, 0.29) is 0 Å². The van der Waals surface area contributed by atoms with E-state index in [1.54, 1.807) is 36.4 Å². The molecule has 0 spiro atoms. The van der Waals surface area contributed by atoms with E-state index in [2.05, 4.69) is 0 Å². The van der Waals surface area contributed by atoms with Crippen LogP contribution >= 0.6 is 46.4 Å². The van der Waals surface area contributed by atoms with Crippen LogP contribution in [0.4, 0.5) is 0 Å². The van der Waals surface area contributed by atoms with Crippen LogP contribution in [0.2, 0.25) is 20.1 Å². The van der Waals surface area contributed by atoms with Crippen molar-refractivity contribution in [1.29, 1.82) is 0 Å². The standard InChI is InChI=1S/2C6H4Cl2O.W/c2*7-4-2-1-3-5(9)6(4)8;/h2*1-3,9H;/q;;+2/p-2. The summed E-state index contributed by atoms with van der Waals surface area (Å²) < 4.78 is 11.1. The van der Waals surface area contributed by atoms with Crippen LogP contribution in [-0.2, 0) is 19.3 Å². The van der Waals surface area contributed by atoms with Gasteiger partial charge in [0, 0.05) is 0 Å². The van der Waals surface area contributed by atoms with Gasteiger partial charge in [-0.1, -0.05) is 0 Å². The van der Waals surface area contributed by atoms with Gasteiger partial charge in [0.2, 0.25) is 0 Å². The fourth-order valence-corrected chi connectivity index (χ4v) is 3.86. The molecule has 0 aliphatic rings. The van der Waals surface area contributed by atoms with Gasteiger partial charge in [0.05, 0.1) is 0 Å². The molecule has 100 valence electrons. The van der Waals surface area contributed by atoms with Crippen LogP contribution in [0.5, 0.6) is 11.5 Å². The second-order valence-corrected chi connectivity index (χ2v) is 6.60. The van der Waals surface area contributed by atoms with E-state index in [4.69, 9.17) is 53.2 Å². The van der Waals surface area contributed by atoms with Gasteiger partial charge in [0.1, 0.15) is 0 Å². The molecular formula is C12H6Cl4O2W. The summed E-state index contributed by atoms with van der Waals surface area (Å²) in [5, 5.41) is 1.65. The number of rotatable bonds is 4. The van der Waals surface area contributed by atoms with Crippen LogP contribution in [0.1, 0.15) is 0 Å². The van der Waals surface area contributed by atoms with Crippen molar-refractivity contribution in [3.05, 3.63) is 56.5 Å². The molecule has 0 fully saturated rings. The van der Waals surface area contributed by atoms with E-state index in [1.807, 2.05) is 0 Å². The molecule has 2 nitrogen and oxygen atoms in total. The Morgan fingerprint density at radius 3 is 1.53 bits per heavy atom. The molecule has 0 amide bonds. The summed E-state index contributed by atoms with van der Waals surface area (Å²) in [6, 6.07) is 10.4. The molecule has 0 bridgehead atoms.